The molecule has 0 aromatic heterocycles. The van der Waals surface area contributed by atoms with E-state index in [0.717, 1.165) is 0 Å². The van der Waals surface area contributed by atoms with Crippen LogP contribution < -0.4 is 9.50 Å². The maximum absolute atomic E-state index is 14.2. The van der Waals surface area contributed by atoms with E-state index in [9.17, 15) is 35.2 Å². The first-order chi connectivity index (χ1) is 14.4. The van der Waals surface area contributed by atoms with Crippen molar-refractivity contribution in [1.82, 2.24) is 5.32 Å². The number of nitrogens with one attached hydrogen (secondary N) is 1. The van der Waals surface area contributed by atoms with E-state index in [1.165, 1.54) is 12.1 Å². The molecule has 0 aliphatic carbocycles. The van der Waals surface area contributed by atoms with Gasteiger partial charge in [0.2, 0.25) is 5.91 Å². The summed E-state index contributed by atoms with van der Waals surface area (Å²) in [4.78, 5) is 11.8. The maximum atomic E-state index is 14.2. The normalized spacial score (nSPS) is 11.6. The van der Waals surface area contributed by atoms with Gasteiger partial charge in [-0.05, 0) is 29.8 Å². The van der Waals surface area contributed by atoms with Crippen LogP contribution in [0.4, 0.5) is 22.0 Å². The summed E-state index contributed by atoms with van der Waals surface area (Å²) in [7, 11) is -6.16. The lowest BCUT2D eigenvalue weighted by Gasteiger charge is -2.13. The number of alkyl halides is 3. The first kappa shape index (κ1) is 24.0. The molecule has 0 aliphatic heterocycles. The molecule has 7 nitrogen and oxygen atoms in total. The van der Waals surface area contributed by atoms with Gasteiger partial charge < -0.3 is 14.2 Å². The average Bonchev–Trinajstić information content (AvgIpc) is 2.70. The van der Waals surface area contributed by atoms with Crippen molar-refractivity contribution in [3.8, 4) is 11.8 Å². The van der Waals surface area contributed by atoms with Crippen LogP contribution >= 0.6 is 0 Å². The SMILES string of the molecule is N#Cc1ccc(CNC(=O)COCc2c(F)ccc(OS(=O)(=O)C(F)(F)F)c2F)cc1. The Balaban J connectivity index is 1.95. The van der Waals surface area contributed by atoms with Crippen molar-refractivity contribution in [3.05, 3.63) is 64.7 Å². The number of nitrogens with zero attached hydrogens (tertiary/aromatic N) is 1. The van der Waals surface area contributed by atoms with Gasteiger partial charge in [0, 0.05) is 6.54 Å². The Morgan fingerprint density at radius 3 is 2.32 bits per heavy atom. The van der Waals surface area contributed by atoms with Crippen molar-refractivity contribution in [3.63, 3.8) is 0 Å². The molecule has 0 radical (unpaired) electrons. The molecule has 166 valence electrons. The van der Waals surface area contributed by atoms with Gasteiger partial charge in [0.15, 0.2) is 11.6 Å². The molecule has 1 amide bonds. The van der Waals surface area contributed by atoms with Crippen LogP contribution in [0.5, 0.6) is 5.75 Å². The van der Waals surface area contributed by atoms with Crippen LogP contribution in [0, 0.1) is 23.0 Å². The van der Waals surface area contributed by atoms with E-state index in [1.807, 2.05) is 6.07 Å². The number of amides is 1. The van der Waals surface area contributed by atoms with Gasteiger partial charge in [0.1, 0.15) is 12.4 Å². The van der Waals surface area contributed by atoms with Crippen LogP contribution in [-0.4, -0.2) is 26.4 Å². The van der Waals surface area contributed by atoms with E-state index < -0.39 is 57.7 Å². The van der Waals surface area contributed by atoms with Crippen LogP contribution in [-0.2, 0) is 32.8 Å². The zero-order valence-corrected chi connectivity index (χ0v) is 16.2. The minimum absolute atomic E-state index is 0.0786. The predicted molar refractivity (Wildman–Crippen MR) is 94.6 cm³/mol. The van der Waals surface area contributed by atoms with E-state index in [1.54, 1.807) is 12.1 Å². The molecule has 2 aromatic carbocycles. The van der Waals surface area contributed by atoms with Crippen LogP contribution in [0.15, 0.2) is 36.4 Å². The van der Waals surface area contributed by atoms with E-state index in [0.29, 0.717) is 23.3 Å². The summed E-state index contributed by atoms with van der Waals surface area (Å²) in [5.41, 5.74) is -5.64. The van der Waals surface area contributed by atoms with Gasteiger partial charge in [-0.2, -0.15) is 26.9 Å². The third-order valence-corrected chi connectivity index (χ3v) is 4.65. The van der Waals surface area contributed by atoms with Crippen molar-refractivity contribution in [1.29, 1.82) is 5.26 Å². The lowest BCUT2D eigenvalue weighted by atomic mass is 10.1. The fourth-order valence-electron chi connectivity index (χ4n) is 2.13. The van der Waals surface area contributed by atoms with E-state index >= 15 is 0 Å². The molecule has 31 heavy (non-hydrogen) atoms. The minimum atomic E-state index is -6.16. The van der Waals surface area contributed by atoms with Gasteiger partial charge in [-0.1, -0.05) is 12.1 Å². The van der Waals surface area contributed by atoms with Crippen LogP contribution in [0.1, 0.15) is 16.7 Å². The molecular formula is C18H13F5N2O5S. The quantitative estimate of drug-likeness (QED) is 0.366. The second-order valence-electron chi connectivity index (χ2n) is 5.90. The standard InChI is InChI=1S/C18H13F5N2O5S/c19-14-5-6-15(30-31(27,28)18(21,22)23)17(20)13(14)9-29-10-16(26)25-8-12-3-1-11(7-24)2-4-12/h1-6H,8-10H2,(H,25,26). The summed E-state index contributed by atoms with van der Waals surface area (Å²) in [5.74, 6) is -5.00. The van der Waals surface area contributed by atoms with Crippen molar-refractivity contribution < 1.29 is 44.1 Å². The van der Waals surface area contributed by atoms with Crippen LogP contribution in [0.2, 0.25) is 0 Å². The van der Waals surface area contributed by atoms with Gasteiger partial charge >= 0.3 is 15.6 Å². The number of carbonyl (C=O) groups is 1. The molecule has 13 heteroatoms. The number of benzene rings is 2. The Labute approximate surface area is 173 Å². The highest BCUT2D eigenvalue weighted by Gasteiger charge is 2.49. The predicted octanol–water partition coefficient (Wildman–Crippen LogP) is 2.90. The number of carbonyl (C=O) groups excluding carboxylic acids is 1. The van der Waals surface area contributed by atoms with E-state index in [4.69, 9.17) is 10.00 Å². The zero-order valence-electron chi connectivity index (χ0n) is 15.4. The molecule has 0 atom stereocenters. The first-order valence-electron chi connectivity index (χ1n) is 8.25. The van der Waals surface area contributed by atoms with Crippen LogP contribution in [0.3, 0.4) is 0 Å². The highest BCUT2D eigenvalue weighted by molar-refractivity contribution is 7.88. The van der Waals surface area contributed by atoms with Gasteiger partial charge in [0.05, 0.1) is 23.8 Å². The Kier molecular flexibility index (Phi) is 7.53. The molecule has 0 saturated heterocycles. The number of hydrogen-bond donors (Lipinski definition) is 1. The number of ether oxygens (including phenoxy) is 1. The van der Waals surface area contributed by atoms with Gasteiger partial charge in [-0.25, -0.2) is 8.78 Å². The highest BCUT2D eigenvalue weighted by atomic mass is 32.2. The summed E-state index contributed by atoms with van der Waals surface area (Å²) in [6.07, 6.45) is 0. The lowest BCUT2D eigenvalue weighted by Crippen LogP contribution is -2.28. The molecule has 0 heterocycles. The first-order valence-corrected chi connectivity index (χ1v) is 9.66. The summed E-state index contributed by atoms with van der Waals surface area (Å²) >= 11 is 0. The van der Waals surface area contributed by atoms with E-state index in [-0.39, 0.29) is 6.54 Å². The Morgan fingerprint density at radius 2 is 1.74 bits per heavy atom. The van der Waals surface area contributed by atoms with Crippen molar-refractivity contribution >= 4 is 16.0 Å². The zero-order chi connectivity index (χ0) is 23.2. The summed E-state index contributed by atoms with van der Waals surface area (Å²) in [6, 6.07) is 9.08. The topological polar surface area (TPSA) is 105 Å². The molecule has 0 spiro atoms. The molecule has 0 unspecified atom stereocenters. The van der Waals surface area contributed by atoms with Crippen LogP contribution in [0.25, 0.3) is 0 Å². The number of rotatable bonds is 8. The average molecular weight is 464 g/mol. The fourth-order valence-corrected chi connectivity index (χ4v) is 2.59. The second-order valence-corrected chi connectivity index (χ2v) is 7.44. The van der Waals surface area contributed by atoms with Gasteiger partial charge in [0.25, 0.3) is 0 Å². The third kappa shape index (κ3) is 6.37. The molecule has 2 aromatic rings. The molecule has 0 bridgehead atoms. The fraction of sp³-hybridized carbons (Fsp3) is 0.222. The summed E-state index contributed by atoms with van der Waals surface area (Å²) in [5, 5.41) is 11.2. The smallest absolute Gasteiger partial charge is 0.373 e. The minimum Gasteiger partial charge on any atom is -0.373 e. The Morgan fingerprint density at radius 1 is 1.10 bits per heavy atom. The number of halogens is 5. The number of nitriles is 1. The molecular weight excluding hydrogens is 451 g/mol. The van der Waals surface area contributed by atoms with Gasteiger partial charge in [-0.3, -0.25) is 4.79 Å². The lowest BCUT2D eigenvalue weighted by molar-refractivity contribution is -0.126. The van der Waals surface area contributed by atoms with Crippen molar-refractivity contribution in [2.75, 3.05) is 6.61 Å². The number of hydrogen-bond acceptors (Lipinski definition) is 6. The second kappa shape index (κ2) is 9.71. The van der Waals surface area contributed by atoms with Crippen molar-refractivity contribution in [2.45, 2.75) is 18.7 Å². The molecule has 0 saturated carbocycles. The van der Waals surface area contributed by atoms with Gasteiger partial charge in [-0.15, -0.1) is 0 Å². The highest BCUT2D eigenvalue weighted by Crippen LogP contribution is 2.30. The summed E-state index contributed by atoms with van der Waals surface area (Å²) < 4.78 is 95.6. The maximum Gasteiger partial charge on any atom is 0.534 e. The molecule has 0 fully saturated rings. The largest absolute Gasteiger partial charge is 0.534 e. The van der Waals surface area contributed by atoms with Crippen molar-refractivity contribution in [2.24, 2.45) is 0 Å². The Bertz CT molecular complexity index is 1100. The molecule has 2 rings (SSSR count). The monoisotopic (exact) mass is 464 g/mol. The van der Waals surface area contributed by atoms with E-state index in [2.05, 4.69) is 9.50 Å². The molecule has 1 N–H and O–H groups in total. The third-order valence-electron chi connectivity index (χ3n) is 3.69. The Hall–Kier alpha value is -3.24. The molecule has 0 aliphatic rings. The summed E-state index contributed by atoms with van der Waals surface area (Å²) in [6.45, 7) is -1.46.